The number of carbonyl (C=O) groups excluding carboxylic acids is 1. The van der Waals surface area contributed by atoms with E-state index in [1.54, 1.807) is 20.8 Å². The summed E-state index contributed by atoms with van der Waals surface area (Å²) in [4.78, 5) is 11.9. The molecule has 1 aliphatic heterocycles. The zero-order valence-electron chi connectivity index (χ0n) is 12.4. The van der Waals surface area contributed by atoms with E-state index in [0.717, 1.165) is 6.42 Å². The van der Waals surface area contributed by atoms with E-state index in [1.807, 2.05) is 0 Å². The van der Waals surface area contributed by atoms with Crippen molar-refractivity contribution >= 4 is 6.09 Å². The number of alkyl halides is 2. The van der Waals surface area contributed by atoms with Crippen LogP contribution in [0, 0.1) is 5.92 Å². The number of amides is 1. The maximum Gasteiger partial charge on any atom is 0.408 e. The largest absolute Gasteiger partial charge is 0.444 e. The molecule has 0 spiro atoms. The van der Waals surface area contributed by atoms with Gasteiger partial charge in [-0.15, -0.1) is 0 Å². The number of piperidine rings is 1. The summed E-state index contributed by atoms with van der Waals surface area (Å²) in [6.45, 7) is 5.56. The maximum absolute atomic E-state index is 14.7. The number of ether oxygens (including phenoxy) is 1. The molecule has 0 aromatic heterocycles. The first-order chi connectivity index (χ1) is 9.16. The molecule has 2 unspecified atom stereocenters. The molecule has 2 N–H and O–H groups in total. The smallest absolute Gasteiger partial charge is 0.408 e. The molecule has 116 valence electrons. The first kappa shape index (κ1) is 15.5. The highest BCUT2D eigenvalue weighted by atomic mass is 19.3. The highest BCUT2D eigenvalue weighted by molar-refractivity contribution is 5.69. The van der Waals surface area contributed by atoms with Crippen molar-refractivity contribution in [3.05, 3.63) is 0 Å². The SMILES string of the molecule is CC(C)(C)OC(=O)NC12CCCCC(CNC1)C2(F)F. The van der Waals surface area contributed by atoms with Crippen LogP contribution in [0.5, 0.6) is 0 Å². The summed E-state index contributed by atoms with van der Waals surface area (Å²) in [6, 6.07) is 0. The Morgan fingerprint density at radius 3 is 2.70 bits per heavy atom. The Morgan fingerprint density at radius 1 is 1.35 bits per heavy atom. The lowest BCUT2D eigenvalue weighted by atomic mass is 9.78. The van der Waals surface area contributed by atoms with Gasteiger partial charge in [0.1, 0.15) is 11.1 Å². The van der Waals surface area contributed by atoms with Gasteiger partial charge in [-0.2, -0.15) is 0 Å². The average molecular weight is 290 g/mol. The molecule has 1 aliphatic carbocycles. The summed E-state index contributed by atoms with van der Waals surface area (Å²) in [6.07, 6.45) is 1.49. The van der Waals surface area contributed by atoms with Crippen molar-refractivity contribution in [3.8, 4) is 0 Å². The van der Waals surface area contributed by atoms with Crippen molar-refractivity contribution in [1.29, 1.82) is 0 Å². The normalized spacial score (nSPS) is 33.1. The van der Waals surface area contributed by atoms with Crippen LogP contribution in [0.25, 0.3) is 0 Å². The maximum atomic E-state index is 14.7. The minimum absolute atomic E-state index is 0.0930. The Balaban J connectivity index is 2.18. The van der Waals surface area contributed by atoms with E-state index in [1.165, 1.54) is 0 Å². The summed E-state index contributed by atoms with van der Waals surface area (Å²) < 4.78 is 34.6. The molecule has 0 aromatic carbocycles. The van der Waals surface area contributed by atoms with E-state index < -0.39 is 29.1 Å². The van der Waals surface area contributed by atoms with E-state index in [2.05, 4.69) is 10.6 Å². The third-order valence-electron chi connectivity index (χ3n) is 4.11. The predicted molar refractivity (Wildman–Crippen MR) is 71.9 cm³/mol. The molecule has 2 fully saturated rings. The molecule has 2 rings (SSSR count). The van der Waals surface area contributed by atoms with Crippen molar-refractivity contribution in [3.63, 3.8) is 0 Å². The number of hydrogen-bond donors (Lipinski definition) is 2. The molecule has 2 aliphatic rings. The zero-order valence-corrected chi connectivity index (χ0v) is 12.4. The molecule has 0 aromatic rings. The molecule has 0 radical (unpaired) electrons. The van der Waals surface area contributed by atoms with Gasteiger partial charge >= 0.3 is 6.09 Å². The lowest BCUT2D eigenvalue weighted by molar-refractivity contribution is -0.146. The summed E-state index contributed by atoms with van der Waals surface area (Å²) in [7, 11) is 0. The van der Waals surface area contributed by atoms with Crippen LogP contribution < -0.4 is 10.6 Å². The van der Waals surface area contributed by atoms with E-state index in [0.29, 0.717) is 19.4 Å². The van der Waals surface area contributed by atoms with Crippen molar-refractivity contribution in [2.24, 2.45) is 5.92 Å². The Bertz CT molecular complexity index is 382. The van der Waals surface area contributed by atoms with Gasteiger partial charge in [-0.05, 0) is 33.6 Å². The van der Waals surface area contributed by atoms with Crippen molar-refractivity contribution in [2.45, 2.75) is 63.5 Å². The van der Waals surface area contributed by atoms with Gasteiger partial charge in [0.05, 0.1) is 0 Å². The molecule has 2 atom stereocenters. The fraction of sp³-hybridized carbons (Fsp3) is 0.929. The quantitative estimate of drug-likeness (QED) is 0.780. The lowest BCUT2D eigenvalue weighted by Crippen LogP contribution is -2.71. The molecule has 20 heavy (non-hydrogen) atoms. The van der Waals surface area contributed by atoms with Gasteiger partial charge in [0.25, 0.3) is 5.92 Å². The molecule has 1 heterocycles. The van der Waals surface area contributed by atoms with Gasteiger partial charge in [0.2, 0.25) is 0 Å². The van der Waals surface area contributed by atoms with Gasteiger partial charge in [-0.1, -0.05) is 12.8 Å². The fourth-order valence-corrected chi connectivity index (χ4v) is 3.14. The van der Waals surface area contributed by atoms with Crippen LogP contribution in [0.2, 0.25) is 0 Å². The number of rotatable bonds is 1. The molecule has 1 amide bonds. The first-order valence-electron chi connectivity index (χ1n) is 7.26. The van der Waals surface area contributed by atoms with Crippen LogP contribution in [-0.4, -0.2) is 36.2 Å². The monoisotopic (exact) mass is 290 g/mol. The third kappa shape index (κ3) is 2.90. The number of alkyl carbamates (subject to hydrolysis) is 1. The molecular formula is C14H24F2N2O2. The second-order valence-corrected chi connectivity index (χ2v) is 6.91. The number of nitrogens with one attached hydrogen (secondary N) is 2. The van der Waals surface area contributed by atoms with Crippen LogP contribution in [-0.2, 0) is 4.74 Å². The van der Waals surface area contributed by atoms with Crippen LogP contribution in [0.3, 0.4) is 0 Å². The van der Waals surface area contributed by atoms with Gasteiger partial charge in [-0.3, -0.25) is 0 Å². The van der Waals surface area contributed by atoms with Crippen LogP contribution in [0.4, 0.5) is 13.6 Å². The number of hydrogen-bond acceptors (Lipinski definition) is 3. The van der Waals surface area contributed by atoms with E-state index in [4.69, 9.17) is 4.74 Å². The van der Waals surface area contributed by atoms with Gasteiger partial charge in [0, 0.05) is 19.0 Å². The van der Waals surface area contributed by atoms with Gasteiger partial charge in [0.15, 0.2) is 0 Å². The molecular weight excluding hydrogens is 266 g/mol. The topological polar surface area (TPSA) is 50.4 Å². The van der Waals surface area contributed by atoms with Crippen LogP contribution in [0.15, 0.2) is 0 Å². The predicted octanol–water partition coefficient (Wildman–Crippen LogP) is 2.68. The second kappa shape index (κ2) is 5.13. The second-order valence-electron chi connectivity index (χ2n) is 6.91. The van der Waals surface area contributed by atoms with Gasteiger partial charge < -0.3 is 15.4 Å². The summed E-state index contributed by atoms with van der Waals surface area (Å²) in [5, 5.41) is 5.52. The van der Waals surface area contributed by atoms with Crippen molar-refractivity contribution in [2.75, 3.05) is 13.1 Å². The van der Waals surface area contributed by atoms with Crippen molar-refractivity contribution < 1.29 is 18.3 Å². The highest BCUT2D eigenvalue weighted by Gasteiger charge is 2.61. The summed E-state index contributed by atoms with van der Waals surface area (Å²) >= 11 is 0. The summed E-state index contributed by atoms with van der Waals surface area (Å²) in [5.74, 6) is -3.61. The Kier molecular flexibility index (Phi) is 3.97. The van der Waals surface area contributed by atoms with E-state index in [-0.39, 0.29) is 13.0 Å². The Hall–Kier alpha value is -0.910. The molecule has 4 nitrogen and oxygen atoms in total. The zero-order chi connectivity index (χ0) is 15.0. The Labute approximate surface area is 118 Å². The highest BCUT2D eigenvalue weighted by Crippen LogP contribution is 2.45. The molecule has 1 saturated carbocycles. The van der Waals surface area contributed by atoms with E-state index >= 15 is 0 Å². The van der Waals surface area contributed by atoms with Crippen molar-refractivity contribution in [1.82, 2.24) is 10.6 Å². The minimum Gasteiger partial charge on any atom is -0.444 e. The molecule has 1 saturated heterocycles. The minimum atomic E-state index is -2.90. The fourth-order valence-electron chi connectivity index (χ4n) is 3.14. The summed E-state index contributed by atoms with van der Waals surface area (Å²) in [5.41, 5.74) is -2.21. The molecule has 6 heteroatoms. The Morgan fingerprint density at radius 2 is 2.05 bits per heavy atom. The van der Waals surface area contributed by atoms with Crippen LogP contribution >= 0.6 is 0 Å². The first-order valence-corrected chi connectivity index (χ1v) is 7.26. The number of carbonyl (C=O) groups is 1. The van der Waals surface area contributed by atoms with Crippen LogP contribution in [0.1, 0.15) is 46.5 Å². The van der Waals surface area contributed by atoms with Gasteiger partial charge in [-0.25, -0.2) is 13.6 Å². The third-order valence-corrected chi connectivity index (χ3v) is 4.11. The average Bonchev–Trinajstić information content (AvgIpc) is 2.35. The standard InChI is InChI=1S/C14H24F2N2O2/c1-12(2,3)20-11(19)18-13-7-5-4-6-10(8-17-9-13)14(13,15)16/h10,17H,4-9H2,1-3H3,(H,18,19). The lowest BCUT2D eigenvalue weighted by Gasteiger charge is -2.47. The number of fused-ring (bicyclic) bond motifs is 2. The number of halogens is 2. The molecule has 2 bridgehead atoms. The van der Waals surface area contributed by atoms with E-state index in [9.17, 15) is 13.6 Å².